The lowest BCUT2D eigenvalue weighted by atomic mass is 10.1. The molecule has 0 saturated carbocycles. The second kappa shape index (κ2) is 9.48. The molecule has 0 fully saturated rings. The highest BCUT2D eigenvalue weighted by Gasteiger charge is 2.14. The number of halogens is 1. The molecule has 0 aliphatic carbocycles. The fourth-order valence-corrected chi connectivity index (χ4v) is 4.86. The van der Waals surface area contributed by atoms with Gasteiger partial charge in [-0.3, -0.25) is 14.1 Å². The molecule has 4 nitrogen and oxygen atoms in total. The van der Waals surface area contributed by atoms with Crippen molar-refractivity contribution in [3.05, 3.63) is 129 Å². The Bertz CT molecular complexity index is 1410. The molecule has 33 heavy (non-hydrogen) atoms. The lowest BCUT2D eigenvalue weighted by Crippen LogP contribution is -2.25. The van der Waals surface area contributed by atoms with Gasteiger partial charge in [0, 0.05) is 31.1 Å². The Hall–Kier alpha value is -3.61. The van der Waals surface area contributed by atoms with Gasteiger partial charge in [0.1, 0.15) is 5.82 Å². The molecule has 2 aromatic heterocycles. The second-order valence-corrected chi connectivity index (χ2v) is 8.78. The SMILES string of the molecule is O=c1cc(CN(Cc2ccccc2)Cc2ccc(F)cc2)nc2scc(-c3ccccc3)n12. The van der Waals surface area contributed by atoms with E-state index in [0.717, 1.165) is 22.5 Å². The molecule has 0 saturated heterocycles. The molecule has 0 N–H and O–H groups in total. The van der Waals surface area contributed by atoms with Crippen molar-refractivity contribution < 1.29 is 4.39 Å². The Labute approximate surface area is 195 Å². The van der Waals surface area contributed by atoms with Crippen LogP contribution in [0.25, 0.3) is 16.2 Å². The number of hydrogen-bond donors (Lipinski definition) is 0. The molecule has 0 unspecified atom stereocenters. The largest absolute Gasteiger partial charge is 0.289 e. The number of fused-ring (bicyclic) bond motifs is 1. The quantitative estimate of drug-likeness (QED) is 0.313. The molecule has 0 spiro atoms. The van der Waals surface area contributed by atoms with Gasteiger partial charge in [-0.25, -0.2) is 9.37 Å². The molecule has 0 bridgehead atoms. The Morgan fingerprint density at radius 2 is 1.45 bits per heavy atom. The lowest BCUT2D eigenvalue weighted by Gasteiger charge is -2.22. The fraction of sp³-hybridized carbons (Fsp3) is 0.111. The van der Waals surface area contributed by atoms with Crippen molar-refractivity contribution in [1.29, 1.82) is 0 Å². The zero-order valence-corrected chi connectivity index (χ0v) is 18.7. The van der Waals surface area contributed by atoms with Gasteiger partial charge in [-0.1, -0.05) is 72.8 Å². The monoisotopic (exact) mass is 455 g/mol. The molecular formula is C27H22FN3OS. The van der Waals surface area contributed by atoms with Gasteiger partial charge in [0.25, 0.3) is 5.56 Å². The summed E-state index contributed by atoms with van der Waals surface area (Å²) in [6, 6.07) is 28.2. The Morgan fingerprint density at radius 3 is 2.15 bits per heavy atom. The van der Waals surface area contributed by atoms with Gasteiger partial charge < -0.3 is 0 Å². The lowest BCUT2D eigenvalue weighted by molar-refractivity contribution is 0.244. The minimum Gasteiger partial charge on any atom is -0.289 e. The average Bonchev–Trinajstić information content (AvgIpc) is 3.26. The summed E-state index contributed by atoms with van der Waals surface area (Å²) in [6.07, 6.45) is 0. The first-order chi connectivity index (χ1) is 16.2. The van der Waals surface area contributed by atoms with Crippen LogP contribution in [0.1, 0.15) is 16.8 Å². The Balaban J connectivity index is 1.46. The minimum absolute atomic E-state index is 0.0865. The summed E-state index contributed by atoms with van der Waals surface area (Å²) >= 11 is 1.47. The van der Waals surface area contributed by atoms with Crippen LogP contribution in [-0.4, -0.2) is 14.3 Å². The Kier molecular flexibility index (Phi) is 6.11. The normalized spacial score (nSPS) is 11.3. The van der Waals surface area contributed by atoms with Gasteiger partial charge in [-0.2, -0.15) is 0 Å². The van der Waals surface area contributed by atoms with Crippen LogP contribution in [0.2, 0.25) is 0 Å². The van der Waals surface area contributed by atoms with Crippen LogP contribution >= 0.6 is 11.3 Å². The Morgan fingerprint density at radius 1 is 0.818 bits per heavy atom. The van der Waals surface area contributed by atoms with Crippen molar-refractivity contribution in [2.75, 3.05) is 0 Å². The number of hydrogen-bond acceptors (Lipinski definition) is 4. The van der Waals surface area contributed by atoms with Crippen LogP contribution in [0.3, 0.4) is 0 Å². The third-order valence-electron chi connectivity index (χ3n) is 5.48. The first-order valence-corrected chi connectivity index (χ1v) is 11.6. The topological polar surface area (TPSA) is 37.6 Å². The van der Waals surface area contributed by atoms with E-state index in [9.17, 15) is 9.18 Å². The minimum atomic E-state index is -0.250. The van der Waals surface area contributed by atoms with Gasteiger partial charge in [-0.15, -0.1) is 11.3 Å². The summed E-state index contributed by atoms with van der Waals surface area (Å²) in [7, 11) is 0. The van der Waals surface area contributed by atoms with E-state index in [1.807, 2.05) is 53.9 Å². The average molecular weight is 456 g/mol. The number of thiazole rings is 1. The van der Waals surface area contributed by atoms with Gasteiger partial charge in [0.15, 0.2) is 4.96 Å². The third kappa shape index (κ3) is 4.92. The van der Waals surface area contributed by atoms with Crippen molar-refractivity contribution in [2.24, 2.45) is 0 Å². The molecule has 164 valence electrons. The zero-order valence-electron chi connectivity index (χ0n) is 17.9. The van der Waals surface area contributed by atoms with Crippen LogP contribution in [0.5, 0.6) is 0 Å². The number of nitrogens with zero attached hydrogens (tertiary/aromatic N) is 3. The number of aromatic nitrogens is 2. The van der Waals surface area contributed by atoms with Crippen LogP contribution in [0.15, 0.2) is 101 Å². The number of benzene rings is 3. The summed E-state index contributed by atoms with van der Waals surface area (Å²) < 4.78 is 15.0. The van der Waals surface area contributed by atoms with E-state index >= 15 is 0 Å². The van der Waals surface area contributed by atoms with Gasteiger partial charge in [0.05, 0.1) is 11.4 Å². The highest BCUT2D eigenvalue weighted by molar-refractivity contribution is 7.15. The fourth-order valence-electron chi connectivity index (χ4n) is 3.94. The summed E-state index contributed by atoms with van der Waals surface area (Å²) in [5, 5.41) is 1.98. The van der Waals surface area contributed by atoms with Crippen LogP contribution in [-0.2, 0) is 19.6 Å². The van der Waals surface area contributed by atoms with E-state index in [-0.39, 0.29) is 11.4 Å². The maximum atomic E-state index is 13.4. The predicted molar refractivity (Wildman–Crippen MR) is 131 cm³/mol. The first kappa shape index (κ1) is 21.2. The molecule has 6 heteroatoms. The smallest absolute Gasteiger partial charge is 0.259 e. The van der Waals surface area contributed by atoms with Crippen LogP contribution < -0.4 is 5.56 Å². The van der Waals surface area contributed by atoms with Gasteiger partial charge >= 0.3 is 0 Å². The molecular weight excluding hydrogens is 433 g/mol. The molecule has 0 aliphatic heterocycles. The molecule has 5 aromatic rings. The summed E-state index contributed by atoms with van der Waals surface area (Å²) in [5.41, 5.74) is 4.65. The molecule has 0 amide bonds. The third-order valence-corrected chi connectivity index (χ3v) is 6.31. The highest BCUT2D eigenvalue weighted by Crippen LogP contribution is 2.24. The molecule has 0 radical (unpaired) electrons. The highest BCUT2D eigenvalue weighted by atomic mass is 32.1. The van der Waals surface area contributed by atoms with Gasteiger partial charge in [-0.05, 0) is 28.8 Å². The predicted octanol–water partition coefficient (Wildman–Crippen LogP) is 5.76. The van der Waals surface area contributed by atoms with Crippen molar-refractivity contribution in [1.82, 2.24) is 14.3 Å². The van der Waals surface area contributed by atoms with Crippen molar-refractivity contribution in [3.8, 4) is 11.3 Å². The first-order valence-electron chi connectivity index (χ1n) is 10.7. The molecule has 5 rings (SSSR count). The van der Waals surface area contributed by atoms with Crippen LogP contribution in [0.4, 0.5) is 4.39 Å². The molecule has 3 aromatic carbocycles. The van der Waals surface area contributed by atoms with E-state index in [4.69, 9.17) is 4.98 Å². The van der Waals surface area contributed by atoms with Crippen molar-refractivity contribution in [2.45, 2.75) is 19.6 Å². The number of rotatable bonds is 7. The molecule has 0 aliphatic rings. The van der Waals surface area contributed by atoms with Crippen molar-refractivity contribution in [3.63, 3.8) is 0 Å². The molecule has 2 heterocycles. The van der Waals surface area contributed by atoms with E-state index in [2.05, 4.69) is 17.0 Å². The van der Waals surface area contributed by atoms with E-state index < -0.39 is 0 Å². The van der Waals surface area contributed by atoms with E-state index in [1.165, 1.54) is 29.0 Å². The summed E-state index contributed by atoms with van der Waals surface area (Å²) in [5.74, 6) is -0.250. The van der Waals surface area contributed by atoms with Gasteiger partial charge in [0.2, 0.25) is 0 Å². The summed E-state index contributed by atoms with van der Waals surface area (Å²) in [4.78, 5) is 20.8. The maximum Gasteiger partial charge on any atom is 0.259 e. The van der Waals surface area contributed by atoms with Crippen LogP contribution in [0, 0.1) is 5.82 Å². The van der Waals surface area contributed by atoms with E-state index in [1.54, 1.807) is 22.6 Å². The summed E-state index contributed by atoms with van der Waals surface area (Å²) in [6.45, 7) is 1.82. The standard InChI is InChI=1S/C27H22FN3OS/c28-23-13-11-21(12-14-23)17-30(16-20-7-3-1-4-8-20)18-24-15-26(32)31-25(19-33-27(31)29-24)22-9-5-2-6-10-22/h1-15,19H,16-18H2. The molecule has 0 atom stereocenters. The van der Waals surface area contributed by atoms with Crippen molar-refractivity contribution >= 4 is 16.3 Å². The maximum absolute atomic E-state index is 13.4. The zero-order chi connectivity index (χ0) is 22.6. The van der Waals surface area contributed by atoms with E-state index in [0.29, 0.717) is 24.6 Å². The second-order valence-electron chi connectivity index (χ2n) is 7.95.